The fourth-order valence-corrected chi connectivity index (χ4v) is 2.04. The molecule has 0 radical (unpaired) electrons. The van der Waals surface area contributed by atoms with E-state index in [1.54, 1.807) is 0 Å². The van der Waals surface area contributed by atoms with Crippen LogP contribution in [0.2, 0.25) is 0 Å². The van der Waals surface area contributed by atoms with Gasteiger partial charge in [-0.15, -0.1) is 0 Å². The number of ether oxygens (including phenoxy) is 1. The van der Waals surface area contributed by atoms with Crippen molar-refractivity contribution in [3.63, 3.8) is 0 Å². The van der Waals surface area contributed by atoms with Gasteiger partial charge in [-0.1, -0.05) is 0 Å². The van der Waals surface area contributed by atoms with Gasteiger partial charge in [0, 0.05) is 13.2 Å². The quantitative estimate of drug-likeness (QED) is 0.709. The number of nitrogens with two attached hydrogens (primary N) is 1. The van der Waals surface area contributed by atoms with Crippen molar-refractivity contribution in [1.82, 2.24) is 5.32 Å². The molecule has 3 N–H and O–H groups in total. The molecule has 4 heteroatoms. The largest absolute Gasteiger partial charge is 0.365 e. The molecule has 1 aliphatic carbocycles. The highest BCUT2D eigenvalue weighted by Gasteiger charge is 2.43. The summed E-state index contributed by atoms with van der Waals surface area (Å²) in [5, 5.41) is 2.97. The first-order chi connectivity index (χ1) is 7.10. The lowest BCUT2D eigenvalue weighted by Gasteiger charge is -2.23. The van der Waals surface area contributed by atoms with Crippen LogP contribution in [-0.2, 0) is 9.53 Å². The Kier molecular flexibility index (Phi) is 2.73. The summed E-state index contributed by atoms with van der Waals surface area (Å²) < 4.78 is 5.48. The molecule has 1 unspecified atom stereocenters. The molecule has 1 saturated carbocycles. The predicted molar refractivity (Wildman–Crippen MR) is 57.3 cm³/mol. The summed E-state index contributed by atoms with van der Waals surface area (Å²) in [5.74, 6) is 0.0275. The Bertz CT molecular complexity index is 255. The monoisotopic (exact) mass is 212 g/mol. The molecule has 2 fully saturated rings. The average Bonchev–Trinajstić information content (AvgIpc) is 2.90. The van der Waals surface area contributed by atoms with Crippen molar-refractivity contribution in [3.05, 3.63) is 0 Å². The summed E-state index contributed by atoms with van der Waals surface area (Å²) >= 11 is 0. The third-order valence-corrected chi connectivity index (χ3v) is 3.71. The summed E-state index contributed by atoms with van der Waals surface area (Å²) in [6, 6.07) is 0. The van der Waals surface area contributed by atoms with E-state index < -0.39 is 5.60 Å². The maximum atomic E-state index is 11.9. The zero-order chi connectivity index (χ0) is 10.9. The van der Waals surface area contributed by atoms with Crippen LogP contribution in [0.15, 0.2) is 0 Å². The summed E-state index contributed by atoms with van der Waals surface area (Å²) in [4.78, 5) is 11.9. The van der Waals surface area contributed by atoms with Gasteiger partial charge in [0.25, 0.3) is 5.91 Å². The van der Waals surface area contributed by atoms with Crippen molar-refractivity contribution in [2.24, 2.45) is 11.1 Å². The van der Waals surface area contributed by atoms with Crippen molar-refractivity contribution < 1.29 is 9.53 Å². The molecular weight excluding hydrogens is 192 g/mol. The van der Waals surface area contributed by atoms with Gasteiger partial charge in [0.15, 0.2) is 0 Å². The molecule has 0 bridgehead atoms. The Hall–Kier alpha value is -0.610. The SMILES string of the molecule is CC1(C(=O)NCC2(CN)CC2)CCCO1. The maximum Gasteiger partial charge on any atom is 0.251 e. The van der Waals surface area contributed by atoms with E-state index in [9.17, 15) is 4.79 Å². The zero-order valence-electron chi connectivity index (χ0n) is 9.34. The Morgan fingerprint density at radius 1 is 1.47 bits per heavy atom. The number of rotatable bonds is 4. The highest BCUT2D eigenvalue weighted by molar-refractivity contribution is 5.85. The lowest BCUT2D eigenvalue weighted by molar-refractivity contribution is -0.139. The summed E-state index contributed by atoms with van der Waals surface area (Å²) in [6.07, 6.45) is 4.09. The molecule has 15 heavy (non-hydrogen) atoms. The number of carbonyl (C=O) groups excluding carboxylic acids is 1. The molecule has 1 atom stereocenters. The normalized spacial score (nSPS) is 32.7. The Labute approximate surface area is 90.5 Å². The highest BCUT2D eigenvalue weighted by atomic mass is 16.5. The van der Waals surface area contributed by atoms with Gasteiger partial charge in [0.05, 0.1) is 0 Å². The van der Waals surface area contributed by atoms with E-state index in [-0.39, 0.29) is 11.3 Å². The van der Waals surface area contributed by atoms with Gasteiger partial charge in [-0.05, 0) is 44.6 Å². The predicted octanol–water partition coefficient (Wildman–Crippen LogP) is 0.411. The third kappa shape index (κ3) is 2.16. The van der Waals surface area contributed by atoms with Crippen molar-refractivity contribution >= 4 is 5.91 Å². The van der Waals surface area contributed by atoms with E-state index in [4.69, 9.17) is 10.5 Å². The number of carbonyl (C=O) groups is 1. The molecule has 1 amide bonds. The molecule has 1 aliphatic heterocycles. The fourth-order valence-electron chi connectivity index (χ4n) is 2.04. The van der Waals surface area contributed by atoms with Crippen LogP contribution in [-0.4, -0.2) is 31.2 Å². The fraction of sp³-hybridized carbons (Fsp3) is 0.909. The minimum atomic E-state index is -0.593. The molecule has 86 valence electrons. The van der Waals surface area contributed by atoms with Crippen LogP contribution in [0.3, 0.4) is 0 Å². The van der Waals surface area contributed by atoms with E-state index >= 15 is 0 Å². The van der Waals surface area contributed by atoms with Crippen LogP contribution in [0.1, 0.15) is 32.6 Å². The van der Waals surface area contributed by atoms with Crippen molar-refractivity contribution in [2.75, 3.05) is 19.7 Å². The van der Waals surface area contributed by atoms with Crippen LogP contribution in [0.4, 0.5) is 0 Å². The molecule has 2 aliphatic rings. The maximum absolute atomic E-state index is 11.9. The number of hydrogen-bond donors (Lipinski definition) is 2. The lowest BCUT2D eigenvalue weighted by atomic mass is 10.0. The van der Waals surface area contributed by atoms with Crippen LogP contribution >= 0.6 is 0 Å². The molecule has 0 aromatic carbocycles. The molecular formula is C11H20N2O2. The molecule has 1 heterocycles. The summed E-state index contributed by atoms with van der Waals surface area (Å²) in [6.45, 7) is 3.95. The van der Waals surface area contributed by atoms with Crippen LogP contribution in [0, 0.1) is 5.41 Å². The number of amides is 1. The average molecular weight is 212 g/mol. The Balaban J connectivity index is 1.82. The van der Waals surface area contributed by atoms with Crippen molar-refractivity contribution in [2.45, 2.75) is 38.2 Å². The van der Waals surface area contributed by atoms with Gasteiger partial charge in [-0.2, -0.15) is 0 Å². The van der Waals surface area contributed by atoms with Gasteiger partial charge in [-0.3, -0.25) is 4.79 Å². The van der Waals surface area contributed by atoms with E-state index in [2.05, 4.69) is 5.32 Å². The Morgan fingerprint density at radius 3 is 2.67 bits per heavy atom. The molecule has 4 nitrogen and oxygen atoms in total. The Morgan fingerprint density at radius 2 is 2.20 bits per heavy atom. The molecule has 2 rings (SSSR count). The molecule has 1 saturated heterocycles. The molecule has 0 aromatic rings. The second-order valence-electron chi connectivity index (χ2n) is 5.07. The van der Waals surface area contributed by atoms with Gasteiger partial charge < -0.3 is 15.8 Å². The van der Waals surface area contributed by atoms with E-state index in [0.717, 1.165) is 25.7 Å². The standard InChI is InChI=1S/C11H20N2O2/c1-10(3-2-6-15-10)9(14)13-8-11(7-12)4-5-11/h2-8,12H2,1H3,(H,13,14). The smallest absolute Gasteiger partial charge is 0.251 e. The van der Waals surface area contributed by atoms with Gasteiger partial charge in [0.1, 0.15) is 5.60 Å². The van der Waals surface area contributed by atoms with Gasteiger partial charge >= 0.3 is 0 Å². The first-order valence-electron chi connectivity index (χ1n) is 5.73. The van der Waals surface area contributed by atoms with Crippen LogP contribution in [0.25, 0.3) is 0 Å². The number of hydrogen-bond acceptors (Lipinski definition) is 3. The van der Waals surface area contributed by atoms with Crippen LogP contribution in [0.5, 0.6) is 0 Å². The topological polar surface area (TPSA) is 64.4 Å². The summed E-state index contributed by atoms with van der Waals surface area (Å²) in [5.41, 5.74) is 5.27. The van der Waals surface area contributed by atoms with Crippen LogP contribution < -0.4 is 11.1 Å². The van der Waals surface area contributed by atoms with Gasteiger partial charge in [0.2, 0.25) is 0 Å². The second-order valence-corrected chi connectivity index (χ2v) is 5.07. The zero-order valence-corrected chi connectivity index (χ0v) is 9.34. The third-order valence-electron chi connectivity index (χ3n) is 3.71. The van der Waals surface area contributed by atoms with E-state index in [0.29, 0.717) is 19.7 Å². The lowest BCUT2D eigenvalue weighted by Crippen LogP contribution is -2.46. The molecule has 0 spiro atoms. The number of nitrogens with one attached hydrogen (secondary N) is 1. The minimum Gasteiger partial charge on any atom is -0.365 e. The van der Waals surface area contributed by atoms with Crippen molar-refractivity contribution in [3.8, 4) is 0 Å². The van der Waals surface area contributed by atoms with Gasteiger partial charge in [-0.25, -0.2) is 0 Å². The molecule has 0 aromatic heterocycles. The first-order valence-corrected chi connectivity index (χ1v) is 5.73. The van der Waals surface area contributed by atoms with E-state index in [1.165, 1.54) is 0 Å². The van der Waals surface area contributed by atoms with Crippen molar-refractivity contribution in [1.29, 1.82) is 0 Å². The second kappa shape index (κ2) is 3.76. The summed E-state index contributed by atoms with van der Waals surface area (Å²) in [7, 11) is 0. The first kappa shape index (κ1) is 10.9. The van der Waals surface area contributed by atoms with E-state index in [1.807, 2.05) is 6.92 Å². The minimum absolute atomic E-state index is 0.0275. The highest BCUT2D eigenvalue weighted by Crippen LogP contribution is 2.43.